The van der Waals surface area contributed by atoms with Crippen LogP contribution in [0.2, 0.25) is 0 Å². The first-order valence-corrected chi connectivity index (χ1v) is 6.50. The van der Waals surface area contributed by atoms with Crippen molar-refractivity contribution in [1.82, 2.24) is 0 Å². The van der Waals surface area contributed by atoms with Crippen LogP contribution < -0.4 is 5.73 Å². The highest BCUT2D eigenvalue weighted by atomic mass is 16.5. The number of ether oxygens (including phenoxy) is 1. The van der Waals surface area contributed by atoms with Crippen molar-refractivity contribution in [3.05, 3.63) is 71.8 Å². The molecule has 0 atom stereocenters. The maximum atomic E-state index is 11.8. The molecule has 0 radical (unpaired) electrons. The van der Waals surface area contributed by atoms with E-state index >= 15 is 0 Å². The summed E-state index contributed by atoms with van der Waals surface area (Å²) >= 11 is 0. The Hall–Kier alpha value is -2.55. The predicted molar refractivity (Wildman–Crippen MR) is 81.0 cm³/mol. The zero-order valence-electron chi connectivity index (χ0n) is 11.4. The first-order chi connectivity index (χ1) is 9.70. The summed E-state index contributed by atoms with van der Waals surface area (Å²) in [5.41, 5.74) is 9.13. The molecule has 0 aliphatic heterocycles. The van der Waals surface area contributed by atoms with Crippen LogP contribution in [0.1, 0.15) is 18.1 Å². The van der Waals surface area contributed by atoms with Gasteiger partial charge in [-0.15, -0.1) is 0 Å². The van der Waals surface area contributed by atoms with Gasteiger partial charge in [-0.05, 0) is 35.8 Å². The van der Waals surface area contributed by atoms with Gasteiger partial charge in [-0.3, -0.25) is 0 Å². The lowest BCUT2D eigenvalue weighted by atomic mass is 9.97. The molecule has 0 amide bonds. The molecule has 2 N–H and O–H groups in total. The number of anilines is 1. The second-order valence-corrected chi connectivity index (χ2v) is 4.30. The standard InChI is InChI=1S/C17H17NO2/c1-2-20-17(19)12-16(13-7-4-3-5-8-13)14-9-6-10-15(18)11-14/h3-12H,2,18H2,1H3/b16-12+. The Bertz CT molecular complexity index is 618. The fraction of sp³-hybridized carbons (Fsp3) is 0.118. The summed E-state index contributed by atoms with van der Waals surface area (Å²) < 4.78 is 5.00. The lowest BCUT2D eigenvalue weighted by molar-refractivity contribution is -0.137. The number of benzene rings is 2. The number of carbonyl (C=O) groups is 1. The maximum absolute atomic E-state index is 11.8. The summed E-state index contributed by atoms with van der Waals surface area (Å²) in [6.45, 7) is 2.14. The van der Waals surface area contributed by atoms with Crippen molar-refractivity contribution in [3.63, 3.8) is 0 Å². The van der Waals surface area contributed by atoms with Crippen molar-refractivity contribution in [3.8, 4) is 0 Å². The summed E-state index contributed by atoms with van der Waals surface area (Å²) in [7, 11) is 0. The van der Waals surface area contributed by atoms with Crippen LogP contribution >= 0.6 is 0 Å². The molecule has 2 rings (SSSR count). The lowest BCUT2D eigenvalue weighted by Gasteiger charge is -2.09. The Morgan fingerprint density at radius 1 is 1.10 bits per heavy atom. The third kappa shape index (κ3) is 3.48. The zero-order chi connectivity index (χ0) is 14.4. The highest BCUT2D eigenvalue weighted by Gasteiger charge is 2.08. The number of hydrogen-bond acceptors (Lipinski definition) is 3. The van der Waals surface area contributed by atoms with E-state index in [1.54, 1.807) is 6.92 Å². The van der Waals surface area contributed by atoms with Gasteiger partial charge >= 0.3 is 5.97 Å². The van der Waals surface area contributed by atoms with Crippen LogP contribution in [0.3, 0.4) is 0 Å². The second-order valence-electron chi connectivity index (χ2n) is 4.30. The smallest absolute Gasteiger partial charge is 0.331 e. The van der Waals surface area contributed by atoms with Crippen molar-refractivity contribution >= 4 is 17.2 Å². The van der Waals surface area contributed by atoms with Crippen LogP contribution in [0.25, 0.3) is 5.57 Å². The van der Waals surface area contributed by atoms with Gasteiger partial charge in [0.1, 0.15) is 0 Å². The van der Waals surface area contributed by atoms with Crippen molar-refractivity contribution in [2.45, 2.75) is 6.92 Å². The van der Waals surface area contributed by atoms with E-state index in [1.807, 2.05) is 54.6 Å². The van der Waals surface area contributed by atoms with Gasteiger partial charge in [-0.2, -0.15) is 0 Å². The molecule has 0 heterocycles. The van der Waals surface area contributed by atoms with Crippen LogP contribution in [0.4, 0.5) is 5.69 Å². The lowest BCUT2D eigenvalue weighted by Crippen LogP contribution is -2.02. The first-order valence-electron chi connectivity index (χ1n) is 6.50. The average Bonchev–Trinajstić information content (AvgIpc) is 2.46. The summed E-state index contributed by atoms with van der Waals surface area (Å²) in [6, 6.07) is 17.2. The fourth-order valence-corrected chi connectivity index (χ4v) is 1.96. The van der Waals surface area contributed by atoms with Gasteiger partial charge in [0.25, 0.3) is 0 Å². The summed E-state index contributed by atoms with van der Waals surface area (Å²) in [4.78, 5) is 11.8. The molecule has 0 fully saturated rings. The van der Waals surface area contributed by atoms with E-state index in [2.05, 4.69) is 0 Å². The van der Waals surface area contributed by atoms with Gasteiger partial charge in [-0.1, -0.05) is 42.5 Å². The number of rotatable bonds is 4. The fourth-order valence-electron chi connectivity index (χ4n) is 1.96. The summed E-state index contributed by atoms with van der Waals surface area (Å²) in [6.07, 6.45) is 1.51. The minimum atomic E-state index is -0.353. The Balaban J connectivity index is 2.47. The Kier molecular flexibility index (Phi) is 4.56. The molecule has 0 saturated heterocycles. The first kappa shape index (κ1) is 13.9. The number of carbonyl (C=O) groups excluding carboxylic acids is 1. The molecule has 0 aliphatic carbocycles. The van der Waals surface area contributed by atoms with Crippen molar-refractivity contribution < 1.29 is 9.53 Å². The van der Waals surface area contributed by atoms with Gasteiger partial charge in [0.15, 0.2) is 0 Å². The molecule has 0 bridgehead atoms. The Morgan fingerprint density at radius 2 is 1.80 bits per heavy atom. The van der Waals surface area contributed by atoms with Crippen molar-refractivity contribution in [2.75, 3.05) is 12.3 Å². The van der Waals surface area contributed by atoms with Gasteiger partial charge in [0.05, 0.1) is 6.61 Å². The van der Waals surface area contributed by atoms with E-state index in [9.17, 15) is 4.79 Å². The van der Waals surface area contributed by atoms with E-state index < -0.39 is 0 Å². The van der Waals surface area contributed by atoms with Crippen LogP contribution in [-0.2, 0) is 9.53 Å². The van der Waals surface area contributed by atoms with Crippen molar-refractivity contribution in [1.29, 1.82) is 0 Å². The Morgan fingerprint density at radius 3 is 2.45 bits per heavy atom. The van der Waals surface area contributed by atoms with E-state index in [1.165, 1.54) is 6.08 Å². The van der Waals surface area contributed by atoms with Gasteiger partial charge < -0.3 is 10.5 Å². The summed E-state index contributed by atoms with van der Waals surface area (Å²) in [5, 5.41) is 0. The van der Waals surface area contributed by atoms with Gasteiger partial charge in [-0.25, -0.2) is 4.79 Å². The highest BCUT2D eigenvalue weighted by molar-refractivity contribution is 5.96. The Labute approximate surface area is 118 Å². The third-order valence-electron chi connectivity index (χ3n) is 2.83. The van der Waals surface area contributed by atoms with E-state index in [4.69, 9.17) is 10.5 Å². The number of hydrogen-bond donors (Lipinski definition) is 1. The highest BCUT2D eigenvalue weighted by Crippen LogP contribution is 2.24. The van der Waals surface area contributed by atoms with Crippen LogP contribution in [-0.4, -0.2) is 12.6 Å². The monoisotopic (exact) mass is 267 g/mol. The molecule has 2 aromatic carbocycles. The largest absolute Gasteiger partial charge is 0.463 e. The molecule has 3 heteroatoms. The van der Waals surface area contributed by atoms with Crippen LogP contribution in [0.15, 0.2) is 60.7 Å². The number of nitrogen functional groups attached to an aromatic ring is 1. The van der Waals surface area contributed by atoms with Gasteiger partial charge in [0, 0.05) is 11.8 Å². The summed E-state index contributed by atoms with van der Waals surface area (Å²) in [5.74, 6) is -0.353. The molecule has 3 nitrogen and oxygen atoms in total. The molecular formula is C17H17NO2. The average molecular weight is 267 g/mol. The molecule has 2 aromatic rings. The topological polar surface area (TPSA) is 52.3 Å². The zero-order valence-corrected chi connectivity index (χ0v) is 11.4. The maximum Gasteiger partial charge on any atom is 0.331 e. The second kappa shape index (κ2) is 6.57. The minimum Gasteiger partial charge on any atom is -0.463 e. The number of esters is 1. The van der Waals surface area contributed by atoms with E-state index in [-0.39, 0.29) is 5.97 Å². The quantitative estimate of drug-likeness (QED) is 0.525. The molecule has 102 valence electrons. The number of nitrogens with two attached hydrogens (primary N) is 1. The normalized spacial score (nSPS) is 11.2. The van der Waals surface area contributed by atoms with Gasteiger partial charge in [0.2, 0.25) is 0 Å². The molecule has 0 unspecified atom stereocenters. The molecule has 0 saturated carbocycles. The predicted octanol–water partition coefficient (Wildman–Crippen LogP) is 3.26. The van der Waals surface area contributed by atoms with Crippen molar-refractivity contribution in [2.24, 2.45) is 0 Å². The SMILES string of the molecule is CCOC(=O)/C=C(\c1ccccc1)c1cccc(N)c1. The van der Waals surface area contributed by atoms with E-state index in [0.717, 1.165) is 16.7 Å². The molecule has 20 heavy (non-hydrogen) atoms. The van der Waals surface area contributed by atoms with Crippen LogP contribution in [0, 0.1) is 0 Å². The minimum absolute atomic E-state index is 0.353. The molecule has 0 aromatic heterocycles. The molecule has 0 spiro atoms. The van der Waals surface area contributed by atoms with Crippen LogP contribution in [0.5, 0.6) is 0 Å². The molecule has 0 aliphatic rings. The third-order valence-corrected chi connectivity index (χ3v) is 2.83. The van der Waals surface area contributed by atoms with E-state index in [0.29, 0.717) is 12.3 Å². The molecular weight excluding hydrogens is 250 g/mol.